The third-order valence-electron chi connectivity index (χ3n) is 3.78. The maximum atomic E-state index is 5.87. The number of aromatic nitrogens is 2. The Morgan fingerprint density at radius 1 is 1.39 bits per heavy atom. The topological polar surface area (TPSA) is 42.8 Å². The molecule has 0 aromatic carbocycles. The van der Waals surface area contributed by atoms with Crippen molar-refractivity contribution in [3.63, 3.8) is 0 Å². The van der Waals surface area contributed by atoms with Crippen molar-refractivity contribution >= 4 is 5.69 Å². The van der Waals surface area contributed by atoms with Crippen molar-refractivity contribution in [1.29, 1.82) is 0 Å². The Labute approximate surface area is 107 Å². The molecule has 0 N–H and O–H groups in total. The average Bonchev–Trinajstić information content (AvgIpc) is 2.70. The van der Waals surface area contributed by atoms with E-state index in [1.54, 1.807) is 7.11 Å². The minimum Gasteiger partial charge on any atom is -0.475 e. The molecule has 18 heavy (non-hydrogen) atoms. The second kappa shape index (κ2) is 4.44. The highest BCUT2D eigenvalue weighted by Gasteiger charge is 2.35. The second-order valence-electron chi connectivity index (χ2n) is 5.19. The maximum absolute atomic E-state index is 5.87. The number of likely N-dealkylation sites (tertiary alicyclic amines) is 1. The van der Waals surface area contributed by atoms with E-state index in [2.05, 4.69) is 10.00 Å². The van der Waals surface area contributed by atoms with Gasteiger partial charge in [0.2, 0.25) is 5.88 Å². The summed E-state index contributed by atoms with van der Waals surface area (Å²) >= 11 is 0. The van der Waals surface area contributed by atoms with Crippen LogP contribution in [0.15, 0.2) is 6.20 Å². The molecule has 3 rings (SSSR count). The van der Waals surface area contributed by atoms with E-state index in [1.165, 1.54) is 0 Å². The Kier molecular flexibility index (Phi) is 2.91. The summed E-state index contributed by atoms with van der Waals surface area (Å²) in [4.78, 5) is 4.43. The molecule has 1 aromatic heterocycles. The van der Waals surface area contributed by atoms with Crippen LogP contribution in [0.5, 0.6) is 5.88 Å². The van der Waals surface area contributed by atoms with E-state index in [0.717, 1.165) is 37.8 Å². The Balaban J connectivity index is 1.67. The van der Waals surface area contributed by atoms with E-state index in [1.807, 2.05) is 29.9 Å². The van der Waals surface area contributed by atoms with Gasteiger partial charge >= 0.3 is 0 Å². The first-order chi connectivity index (χ1) is 8.69. The zero-order valence-electron chi connectivity index (χ0n) is 11.2. The molecule has 1 fully saturated rings. The van der Waals surface area contributed by atoms with Gasteiger partial charge in [-0.2, -0.15) is 5.10 Å². The Bertz CT molecular complexity index is 426. The molecule has 1 saturated heterocycles. The van der Waals surface area contributed by atoms with Crippen LogP contribution in [0.25, 0.3) is 0 Å². The lowest BCUT2D eigenvalue weighted by Gasteiger charge is -2.44. The van der Waals surface area contributed by atoms with Gasteiger partial charge in [0.15, 0.2) is 0 Å². The Morgan fingerprint density at radius 3 is 2.83 bits per heavy atom. The van der Waals surface area contributed by atoms with E-state index < -0.39 is 0 Å². The molecule has 0 radical (unpaired) electrons. The molecule has 1 atom stereocenters. The first kappa shape index (κ1) is 11.8. The quantitative estimate of drug-likeness (QED) is 0.760. The van der Waals surface area contributed by atoms with Gasteiger partial charge in [0.05, 0.1) is 24.9 Å². The third-order valence-corrected chi connectivity index (χ3v) is 3.78. The van der Waals surface area contributed by atoms with Crippen molar-refractivity contribution in [3.05, 3.63) is 6.20 Å². The summed E-state index contributed by atoms with van der Waals surface area (Å²) in [5, 5.41) is 4.40. The predicted molar refractivity (Wildman–Crippen MR) is 68.2 cm³/mol. The zero-order valence-corrected chi connectivity index (χ0v) is 11.2. The summed E-state index contributed by atoms with van der Waals surface area (Å²) in [5.41, 5.74) is 1.05. The summed E-state index contributed by atoms with van der Waals surface area (Å²) in [6.45, 7) is 3.64. The highest BCUT2D eigenvalue weighted by molar-refractivity contribution is 5.53. The molecule has 0 saturated carbocycles. The van der Waals surface area contributed by atoms with Crippen LogP contribution in [0.1, 0.15) is 0 Å². The molecule has 6 heteroatoms. The molecule has 3 heterocycles. The molecule has 0 amide bonds. The van der Waals surface area contributed by atoms with Gasteiger partial charge in [-0.1, -0.05) is 0 Å². The molecule has 1 unspecified atom stereocenters. The number of nitrogens with zero attached hydrogens (tertiary/aromatic N) is 4. The zero-order chi connectivity index (χ0) is 12.7. The van der Waals surface area contributed by atoms with Crippen LogP contribution in [-0.4, -0.2) is 67.7 Å². The van der Waals surface area contributed by atoms with E-state index in [4.69, 9.17) is 9.47 Å². The van der Waals surface area contributed by atoms with Crippen molar-refractivity contribution in [1.82, 2.24) is 14.7 Å². The van der Waals surface area contributed by atoms with Crippen molar-refractivity contribution in [2.75, 3.05) is 45.8 Å². The number of hydrogen-bond acceptors (Lipinski definition) is 5. The summed E-state index contributed by atoms with van der Waals surface area (Å²) in [6.07, 6.45) is 2.26. The number of anilines is 1. The van der Waals surface area contributed by atoms with Crippen molar-refractivity contribution in [2.24, 2.45) is 0 Å². The van der Waals surface area contributed by atoms with Crippen molar-refractivity contribution < 1.29 is 9.47 Å². The van der Waals surface area contributed by atoms with Crippen molar-refractivity contribution in [3.8, 4) is 5.88 Å². The predicted octanol–water partition coefficient (Wildman–Crippen LogP) is 0.0407. The van der Waals surface area contributed by atoms with Gasteiger partial charge in [-0.05, 0) is 0 Å². The van der Waals surface area contributed by atoms with Crippen LogP contribution < -0.4 is 9.64 Å². The second-order valence-corrected chi connectivity index (χ2v) is 5.19. The molecule has 2 aliphatic heterocycles. The fourth-order valence-corrected chi connectivity index (χ4v) is 2.51. The number of ether oxygens (including phenoxy) is 2. The number of fused-ring (bicyclic) bond motifs is 1. The molecular weight excluding hydrogens is 232 g/mol. The summed E-state index contributed by atoms with van der Waals surface area (Å²) in [6, 6.07) is 0.416. The lowest BCUT2D eigenvalue weighted by Crippen LogP contribution is -2.59. The van der Waals surface area contributed by atoms with Crippen LogP contribution in [0.2, 0.25) is 0 Å². The minimum absolute atomic E-state index is 0.390. The summed E-state index contributed by atoms with van der Waals surface area (Å²) < 4.78 is 13.1. The highest BCUT2D eigenvalue weighted by Crippen LogP contribution is 2.31. The van der Waals surface area contributed by atoms with E-state index in [9.17, 15) is 0 Å². The first-order valence-electron chi connectivity index (χ1n) is 6.32. The first-order valence-corrected chi connectivity index (χ1v) is 6.32. The van der Waals surface area contributed by atoms with Gasteiger partial charge in [0.1, 0.15) is 12.3 Å². The minimum atomic E-state index is 0.390. The monoisotopic (exact) mass is 252 g/mol. The van der Waals surface area contributed by atoms with E-state index in [0.29, 0.717) is 12.1 Å². The highest BCUT2D eigenvalue weighted by atomic mass is 16.5. The average molecular weight is 252 g/mol. The molecule has 0 bridgehead atoms. The van der Waals surface area contributed by atoms with Gasteiger partial charge in [0.25, 0.3) is 0 Å². The maximum Gasteiger partial charge on any atom is 0.236 e. The largest absolute Gasteiger partial charge is 0.475 e. The van der Waals surface area contributed by atoms with Gasteiger partial charge < -0.3 is 14.4 Å². The van der Waals surface area contributed by atoms with Crippen LogP contribution in [-0.2, 0) is 11.3 Å². The van der Waals surface area contributed by atoms with Crippen LogP contribution in [0, 0.1) is 0 Å². The SMILES string of the molecule is COC1CN(C2COc3c(N(C)C)cnn3C2)C1. The van der Waals surface area contributed by atoms with Crippen LogP contribution >= 0.6 is 0 Å². The third kappa shape index (κ3) is 1.85. The van der Waals surface area contributed by atoms with Crippen molar-refractivity contribution in [2.45, 2.75) is 18.7 Å². The normalized spacial score (nSPS) is 24.3. The molecule has 0 spiro atoms. The molecule has 0 aliphatic carbocycles. The molecular formula is C12H20N4O2. The van der Waals surface area contributed by atoms with Gasteiger partial charge in [0, 0.05) is 34.3 Å². The van der Waals surface area contributed by atoms with E-state index in [-0.39, 0.29) is 0 Å². The molecule has 1 aromatic rings. The Hall–Kier alpha value is -1.27. The fourth-order valence-electron chi connectivity index (χ4n) is 2.51. The lowest BCUT2D eigenvalue weighted by molar-refractivity contribution is -0.0683. The van der Waals surface area contributed by atoms with Crippen LogP contribution in [0.4, 0.5) is 5.69 Å². The number of methoxy groups -OCH3 is 1. The van der Waals surface area contributed by atoms with Gasteiger partial charge in [-0.3, -0.25) is 4.90 Å². The molecule has 6 nitrogen and oxygen atoms in total. The van der Waals surface area contributed by atoms with Crippen LogP contribution in [0.3, 0.4) is 0 Å². The standard InChI is InChI=1S/C12H20N4O2/c1-14(2)11-4-13-16-5-9(8-18-12(11)16)15-6-10(7-15)17-3/h4,9-10H,5-8H2,1-3H3. The smallest absolute Gasteiger partial charge is 0.236 e. The fraction of sp³-hybridized carbons (Fsp3) is 0.750. The van der Waals surface area contributed by atoms with Gasteiger partial charge in [-0.25, -0.2) is 4.68 Å². The molecule has 100 valence electrons. The molecule has 2 aliphatic rings. The summed E-state index contributed by atoms with van der Waals surface area (Å²) in [5.74, 6) is 0.889. The summed E-state index contributed by atoms with van der Waals surface area (Å²) in [7, 11) is 5.78. The number of rotatable bonds is 3. The lowest BCUT2D eigenvalue weighted by atomic mass is 10.1. The number of hydrogen-bond donors (Lipinski definition) is 0. The Morgan fingerprint density at radius 2 is 2.17 bits per heavy atom. The van der Waals surface area contributed by atoms with E-state index >= 15 is 0 Å². The van der Waals surface area contributed by atoms with Gasteiger partial charge in [-0.15, -0.1) is 0 Å².